The van der Waals surface area contributed by atoms with E-state index >= 15 is 0 Å². The molecule has 238 valence electrons. The number of fused-ring (bicyclic) bond motifs is 1. The number of thiazole rings is 1. The summed E-state index contributed by atoms with van der Waals surface area (Å²) in [6.45, 7) is 4.60. The van der Waals surface area contributed by atoms with E-state index < -0.39 is 35.2 Å². The van der Waals surface area contributed by atoms with Crippen LogP contribution in [0, 0.1) is 5.82 Å². The number of rotatable bonds is 9. The van der Waals surface area contributed by atoms with Crippen molar-refractivity contribution in [3.05, 3.63) is 83.5 Å². The number of anilines is 3. The molecule has 4 aromatic rings. The first kappa shape index (κ1) is 31.9. The second-order valence-corrected chi connectivity index (χ2v) is 11.9. The summed E-state index contributed by atoms with van der Waals surface area (Å²) in [5, 5.41) is 9.91. The summed E-state index contributed by atoms with van der Waals surface area (Å²) in [6.07, 6.45) is -0.699. The molecule has 0 aliphatic carbocycles. The number of alkyl carbamates (subject to hydrolysis) is 1. The second kappa shape index (κ2) is 13.6. The summed E-state index contributed by atoms with van der Waals surface area (Å²) >= 11 is 1.21. The molecule has 0 radical (unpaired) electrons. The van der Waals surface area contributed by atoms with E-state index in [-0.39, 0.29) is 25.4 Å². The van der Waals surface area contributed by atoms with Crippen molar-refractivity contribution in [2.24, 2.45) is 0 Å². The molecule has 4 amide bonds. The van der Waals surface area contributed by atoms with Crippen molar-refractivity contribution in [3.63, 3.8) is 0 Å². The van der Waals surface area contributed by atoms with Crippen LogP contribution in [0.1, 0.15) is 31.1 Å². The van der Waals surface area contributed by atoms with Crippen molar-refractivity contribution in [2.75, 3.05) is 35.4 Å². The Bertz CT molecular complexity index is 1750. The average molecular weight is 648 g/mol. The number of nitrogens with zero attached hydrogens (tertiary/aromatic N) is 2. The van der Waals surface area contributed by atoms with Crippen LogP contribution in [0.4, 0.5) is 25.7 Å². The summed E-state index contributed by atoms with van der Waals surface area (Å²) in [5.41, 5.74) is 1.73. The molecule has 2 heterocycles. The Balaban J connectivity index is 1.21. The van der Waals surface area contributed by atoms with Gasteiger partial charge in [-0.05, 0) is 69.3 Å². The van der Waals surface area contributed by atoms with Crippen LogP contribution in [0.3, 0.4) is 0 Å². The van der Waals surface area contributed by atoms with E-state index in [1.165, 1.54) is 40.5 Å². The highest BCUT2D eigenvalue weighted by Gasteiger charge is 2.24. The van der Waals surface area contributed by atoms with Gasteiger partial charge in [0.25, 0.3) is 5.91 Å². The summed E-state index contributed by atoms with van der Waals surface area (Å²) in [5.74, 6) is -0.966. The lowest BCUT2D eigenvalue weighted by molar-refractivity contribution is -0.116. The Morgan fingerprint density at radius 2 is 1.65 bits per heavy atom. The van der Waals surface area contributed by atoms with Crippen molar-refractivity contribution in [1.29, 1.82) is 0 Å². The van der Waals surface area contributed by atoms with Crippen molar-refractivity contribution in [2.45, 2.75) is 26.4 Å². The zero-order valence-corrected chi connectivity index (χ0v) is 25.9. The van der Waals surface area contributed by atoms with Crippen LogP contribution in [0.2, 0.25) is 0 Å². The van der Waals surface area contributed by atoms with Crippen LogP contribution >= 0.6 is 11.3 Å². The molecule has 3 aromatic carbocycles. The van der Waals surface area contributed by atoms with E-state index in [2.05, 4.69) is 20.9 Å². The topological polar surface area (TPSA) is 148 Å². The van der Waals surface area contributed by atoms with E-state index in [1.54, 1.807) is 68.6 Å². The molecule has 1 aliphatic heterocycles. The van der Waals surface area contributed by atoms with Crippen LogP contribution in [0.5, 0.6) is 11.5 Å². The molecule has 0 bridgehead atoms. The summed E-state index contributed by atoms with van der Waals surface area (Å²) in [4.78, 5) is 56.2. The Hall–Kier alpha value is -5.50. The van der Waals surface area contributed by atoms with Crippen LogP contribution in [-0.2, 0) is 14.3 Å². The summed E-state index contributed by atoms with van der Waals surface area (Å²) < 4.78 is 29.4. The van der Waals surface area contributed by atoms with Crippen LogP contribution in [-0.4, -0.2) is 54.3 Å². The molecule has 0 saturated carbocycles. The molecule has 0 unspecified atom stereocenters. The van der Waals surface area contributed by atoms with Gasteiger partial charge in [0.2, 0.25) is 18.6 Å². The maximum atomic E-state index is 13.5. The van der Waals surface area contributed by atoms with E-state index in [4.69, 9.17) is 14.2 Å². The lowest BCUT2D eigenvalue weighted by Crippen LogP contribution is -2.38. The van der Waals surface area contributed by atoms with Crippen LogP contribution in [0.15, 0.2) is 72.1 Å². The maximum Gasteiger partial charge on any atom is 0.408 e. The lowest BCUT2D eigenvalue weighted by atomic mass is 10.1. The number of halogens is 1. The second-order valence-electron chi connectivity index (χ2n) is 11.0. The molecule has 46 heavy (non-hydrogen) atoms. The third-order valence-corrected chi connectivity index (χ3v) is 7.07. The van der Waals surface area contributed by atoms with Gasteiger partial charge in [-0.2, -0.15) is 0 Å². The van der Waals surface area contributed by atoms with Crippen molar-refractivity contribution in [3.8, 4) is 22.8 Å². The van der Waals surface area contributed by atoms with Gasteiger partial charge >= 0.3 is 6.09 Å². The molecular formula is C32H30FN5O7S. The van der Waals surface area contributed by atoms with Gasteiger partial charge in [-0.1, -0.05) is 12.1 Å². The summed E-state index contributed by atoms with van der Waals surface area (Å²) in [6, 6.07) is 16.8. The smallest absolute Gasteiger partial charge is 0.408 e. The highest BCUT2D eigenvalue weighted by atomic mass is 32.1. The normalized spacial score (nSPS) is 11.8. The fraction of sp³-hybridized carbons (Fsp3) is 0.219. The SMILES string of the molecule is CC(C)(C)OC(=O)NCC(=O)Nc1nc(-c2ccc(NC(=O)CN(C(=O)c3ccc(F)cc3)c3ccc4c(c3)OCO4)cc2)cs1. The van der Waals surface area contributed by atoms with Gasteiger partial charge in [0.05, 0.1) is 5.69 Å². The standard InChI is InChI=1S/C32H30FN5O7S/c1-32(2,3)45-31(42)34-15-27(39)37-30-36-24(17-46-30)19-6-10-22(11-7-19)35-28(40)16-38(29(41)20-4-8-21(33)9-5-20)23-12-13-25-26(14-23)44-18-43-25/h4-14,17H,15-16,18H2,1-3H3,(H,34,42)(H,35,40)(H,36,37,39). The number of benzene rings is 3. The number of amides is 4. The minimum absolute atomic E-state index is 0.0470. The molecule has 14 heteroatoms. The average Bonchev–Trinajstić information content (AvgIpc) is 3.68. The number of nitrogens with one attached hydrogen (secondary N) is 3. The molecule has 0 fully saturated rings. The molecule has 12 nitrogen and oxygen atoms in total. The third-order valence-electron chi connectivity index (χ3n) is 6.31. The van der Waals surface area contributed by atoms with Gasteiger partial charge in [-0.25, -0.2) is 14.2 Å². The molecule has 1 aliphatic rings. The number of carbonyl (C=O) groups excluding carboxylic acids is 4. The number of ether oxygens (including phenoxy) is 3. The van der Waals surface area contributed by atoms with Crippen molar-refractivity contribution >= 4 is 51.7 Å². The van der Waals surface area contributed by atoms with Crippen molar-refractivity contribution < 1.29 is 37.8 Å². The largest absolute Gasteiger partial charge is 0.454 e. The fourth-order valence-electron chi connectivity index (χ4n) is 4.24. The zero-order valence-electron chi connectivity index (χ0n) is 25.1. The molecule has 5 rings (SSSR count). The summed E-state index contributed by atoms with van der Waals surface area (Å²) in [7, 11) is 0. The van der Waals surface area contributed by atoms with E-state index in [9.17, 15) is 23.6 Å². The molecule has 3 N–H and O–H groups in total. The van der Waals surface area contributed by atoms with Gasteiger partial charge in [-0.3, -0.25) is 19.3 Å². The highest BCUT2D eigenvalue weighted by molar-refractivity contribution is 7.14. The first-order valence-corrected chi connectivity index (χ1v) is 14.9. The van der Waals surface area contributed by atoms with Crippen molar-refractivity contribution in [1.82, 2.24) is 10.3 Å². The molecular weight excluding hydrogens is 617 g/mol. The van der Waals surface area contributed by atoms with E-state index in [0.717, 1.165) is 5.56 Å². The predicted molar refractivity (Wildman–Crippen MR) is 170 cm³/mol. The number of hydrogen-bond acceptors (Lipinski definition) is 9. The fourth-order valence-corrected chi connectivity index (χ4v) is 4.98. The number of aromatic nitrogens is 1. The Labute approximate surface area is 267 Å². The Morgan fingerprint density at radius 3 is 2.37 bits per heavy atom. The molecule has 0 saturated heterocycles. The first-order valence-electron chi connectivity index (χ1n) is 14.0. The zero-order chi connectivity index (χ0) is 32.8. The quantitative estimate of drug-likeness (QED) is 0.218. The third kappa shape index (κ3) is 8.35. The predicted octanol–water partition coefficient (Wildman–Crippen LogP) is 5.43. The van der Waals surface area contributed by atoms with Gasteiger partial charge in [0.1, 0.15) is 24.5 Å². The number of hydrogen-bond donors (Lipinski definition) is 3. The van der Waals surface area contributed by atoms with Crippen LogP contribution < -0.4 is 30.3 Å². The van der Waals surface area contributed by atoms with Gasteiger partial charge in [-0.15, -0.1) is 11.3 Å². The van der Waals surface area contributed by atoms with E-state index in [1.807, 2.05) is 0 Å². The monoisotopic (exact) mass is 647 g/mol. The first-order chi connectivity index (χ1) is 21.9. The molecule has 1 aromatic heterocycles. The van der Waals surface area contributed by atoms with Gasteiger partial charge < -0.3 is 30.2 Å². The minimum atomic E-state index is -0.699. The lowest BCUT2D eigenvalue weighted by Gasteiger charge is -2.23. The highest BCUT2D eigenvalue weighted by Crippen LogP contribution is 2.36. The molecule has 0 spiro atoms. The Kier molecular flexibility index (Phi) is 9.47. The van der Waals surface area contributed by atoms with Crippen LogP contribution in [0.25, 0.3) is 11.3 Å². The molecule has 0 atom stereocenters. The maximum absolute atomic E-state index is 13.5. The minimum Gasteiger partial charge on any atom is -0.454 e. The Morgan fingerprint density at radius 1 is 0.935 bits per heavy atom. The number of carbonyl (C=O) groups is 4. The van der Waals surface area contributed by atoms with E-state index in [0.29, 0.717) is 33.7 Å². The van der Waals surface area contributed by atoms with Gasteiger partial charge in [0, 0.05) is 33.9 Å². The van der Waals surface area contributed by atoms with Gasteiger partial charge in [0.15, 0.2) is 16.6 Å².